The van der Waals surface area contributed by atoms with Crippen molar-refractivity contribution in [2.45, 2.75) is 6.54 Å². The number of nitrogens with one attached hydrogen (secondary N) is 2. The van der Waals surface area contributed by atoms with Crippen molar-refractivity contribution in [2.75, 3.05) is 16.8 Å². The summed E-state index contributed by atoms with van der Waals surface area (Å²) in [5.74, 6) is -0.129. The number of carbonyl (C=O) groups is 1. The zero-order chi connectivity index (χ0) is 21.9. The van der Waals surface area contributed by atoms with E-state index in [1.54, 1.807) is 0 Å². The minimum atomic E-state index is -0.129. The van der Waals surface area contributed by atoms with Gasteiger partial charge >= 0.3 is 0 Å². The Bertz CT molecular complexity index is 1310. The summed E-state index contributed by atoms with van der Waals surface area (Å²) >= 11 is 6.18. The highest BCUT2D eigenvalue weighted by atomic mass is 35.5. The maximum Gasteiger partial charge on any atom is 0.251 e. The highest BCUT2D eigenvalue weighted by Gasteiger charge is 2.16. The van der Waals surface area contributed by atoms with Crippen LogP contribution >= 0.6 is 11.6 Å². The molecule has 2 N–H and O–H groups in total. The Labute approximate surface area is 192 Å². The van der Waals surface area contributed by atoms with E-state index in [9.17, 15) is 4.79 Å². The maximum atomic E-state index is 12.6. The van der Waals surface area contributed by atoms with Crippen LogP contribution in [0.2, 0.25) is 5.02 Å². The molecule has 5 heteroatoms. The van der Waals surface area contributed by atoms with Crippen molar-refractivity contribution >= 4 is 45.3 Å². The molecule has 5 rings (SSSR count). The quantitative estimate of drug-likeness (QED) is 0.381. The van der Waals surface area contributed by atoms with Crippen LogP contribution in [-0.2, 0) is 6.54 Å². The van der Waals surface area contributed by atoms with Gasteiger partial charge in [0.25, 0.3) is 5.91 Å². The van der Waals surface area contributed by atoms with E-state index in [-0.39, 0.29) is 5.91 Å². The molecule has 1 heterocycles. The van der Waals surface area contributed by atoms with Gasteiger partial charge in [-0.2, -0.15) is 0 Å². The van der Waals surface area contributed by atoms with Crippen molar-refractivity contribution in [3.63, 3.8) is 0 Å². The lowest BCUT2D eigenvalue weighted by molar-refractivity contribution is 0.0951. The second-order valence-electron chi connectivity index (χ2n) is 7.64. The number of rotatable bonds is 4. The lowest BCUT2D eigenvalue weighted by atomic mass is 10.1. The molecular weight excluding hydrogens is 418 g/mol. The Balaban J connectivity index is 1.39. The largest absolute Gasteiger partial charge is 0.379 e. The van der Waals surface area contributed by atoms with E-state index in [0.29, 0.717) is 17.1 Å². The summed E-state index contributed by atoms with van der Waals surface area (Å²) in [6.07, 6.45) is 4.17. The van der Waals surface area contributed by atoms with Crippen LogP contribution in [0.5, 0.6) is 0 Å². The molecule has 4 aromatic rings. The zero-order valence-electron chi connectivity index (χ0n) is 17.4. The molecule has 158 valence electrons. The van der Waals surface area contributed by atoms with Gasteiger partial charge < -0.3 is 15.5 Å². The van der Waals surface area contributed by atoms with E-state index < -0.39 is 0 Å². The van der Waals surface area contributed by atoms with Crippen molar-refractivity contribution in [1.82, 2.24) is 5.32 Å². The van der Waals surface area contributed by atoms with Crippen molar-refractivity contribution in [2.24, 2.45) is 0 Å². The van der Waals surface area contributed by atoms with E-state index in [0.717, 1.165) is 29.2 Å². The number of hydrogen-bond acceptors (Lipinski definition) is 3. The molecule has 4 nitrogen and oxygen atoms in total. The molecule has 0 spiro atoms. The van der Waals surface area contributed by atoms with Gasteiger partial charge in [0, 0.05) is 40.9 Å². The van der Waals surface area contributed by atoms with E-state index in [2.05, 4.69) is 64.2 Å². The predicted molar refractivity (Wildman–Crippen MR) is 133 cm³/mol. The minimum Gasteiger partial charge on any atom is -0.379 e. The fraction of sp³-hybridized carbons (Fsp3) is 0.0741. The van der Waals surface area contributed by atoms with Gasteiger partial charge in [-0.05, 0) is 53.4 Å². The summed E-state index contributed by atoms with van der Waals surface area (Å²) in [5, 5.41) is 9.51. The molecule has 0 saturated heterocycles. The Kier molecular flexibility index (Phi) is 5.53. The van der Waals surface area contributed by atoms with Crippen LogP contribution in [0.25, 0.3) is 10.8 Å². The molecule has 0 aliphatic carbocycles. The second-order valence-corrected chi connectivity index (χ2v) is 8.04. The normalized spacial score (nSPS) is 12.7. The fourth-order valence-electron chi connectivity index (χ4n) is 3.96. The highest BCUT2D eigenvalue weighted by molar-refractivity contribution is 6.31. The van der Waals surface area contributed by atoms with E-state index in [4.69, 9.17) is 11.6 Å². The highest BCUT2D eigenvalue weighted by Crippen LogP contribution is 2.39. The summed E-state index contributed by atoms with van der Waals surface area (Å²) in [7, 11) is 0. The van der Waals surface area contributed by atoms with Crippen LogP contribution in [0.15, 0.2) is 97.2 Å². The molecule has 0 aromatic heterocycles. The fourth-order valence-corrected chi connectivity index (χ4v) is 4.17. The number of fused-ring (bicyclic) bond motifs is 3. The molecule has 32 heavy (non-hydrogen) atoms. The number of nitrogens with zero attached hydrogens (tertiary/aromatic N) is 1. The number of hydrogen-bond donors (Lipinski definition) is 2. The van der Waals surface area contributed by atoms with Gasteiger partial charge in [0.2, 0.25) is 0 Å². The van der Waals surface area contributed by atoms with Gasteiger partial charge in [-0.25, -0.2) is 0 Å². The molecule has 0 fully saturated rings. The lowest BCUT2D eigenvalue weighted by Crippen LogP contribution is -2.23. The molecule has 1 amide bonds. The Hall–Kier alpha value is -3.76. The molecule has 0 atom stereocenters. The molecule has 1 aliphatic heterocycles. The van der Waals surface area contributed by atoms with Crippen LogP contribution in [0, 0.1) is 0 Å². The van der Waals surface area contributed by atoms with E-state index in [1.807, 2.05) is 48.5 Å². The van der Waals surface area contributed by atoms with Crippen LogP contribution in [0.4, 0.5) is 17.1 Å². The number of halogens is 1. The average molecular weight is 440 g/mol. The predicted octanol–water partition coefficient (Wildman–Crippen LogP) is 6.50. The summed E-state index contributed by atoms with van der Waals surface area (Å²) in [6, 6.07) is 27.8. The maximum absolute atomic E-state index is 12.6. The Morgan fingerprint density at radius 3 is 2.56 bits per heavy atom. The first-order chi connectivity index (χ1) is 15.7. The standard InChI is InChI=1S/C27H22ClN3O/c28-24-9-4-2-7-21(24)18-30-27(32)20-10-13-22(14-11-20)31-17-5-16-29-26-23-8-3-1-6-19(23)12-15-25(26)31/h1-15,17,29H,16,18H2,(H,30,32). The van der Waals surface area contributed by atoms with Gasteiger partial charge in [0.15, 0.2) is 0 Å². The summed E-state index contributed by atoms with van der Waals surface area (Å²) in [4.78, 5) is 14.8. The van der Waals surface area contributed by atoms with Crippen LogP contribution < -0.4 is 15.5 Å². The monoisotopic (exact) mass is 439 g/mol. The number of amides is 1. The first-order valence-electron chi connectivity index (χ1n) is 10.5. The molecule has 0 radical (unpaired) electrons. The van der Waals surface area contributed by atoms with Crippen LogP contribution in [0.3, 0.4) is 0 Å². The molecule has 0 unspecified atom stereocenters. The number of carbonyl (C=O) groups excluding carboxylic acids is 1. The molecule has 0 saturated carbocycles. The Morgan fingerprint density at radius 2 is 1.72 bits per heavy atom. The van der Waals surface area contributed by atoms with Gasteiger partial charge in [-0.15, -0.1) is 0 Å². The van der Waals surface area contributed by atoms with Crippen molar-refractivity contribution in [1.29, 1.82) is 0 Å². The van der Waals surface area contributed by atoms with Crippen molar-refractivity contribution in [3.8, 4) is 0 Å². The van der Waals surface area contributed by atoms with E-state index >= 15 is 0 Å². The van der Waals surface area contributed by atoms with E-state index in [1.165, 1.54) is 10.8 Å². The van der Waals surface area contributed by atoms with Gasteiger partial charge in [0.1, 0.15) is 0 Å². The lowest BCUT2D eigenvalue weighted by Gasteiger charge is -2.23. The summed E-state index contributed by atoms with van der Waals surface area (Å²) in [5.41, 5.74) is 4.67. The number of benzene rings is 4. The minimum absolute atomic E-state index is 0.129. The molecule has 0 bridgehead atoms. The SMILES string of the molecule is O=C(NCc1ccccc1Cl)c1ccc(N2C=CCNc3c2ccc2ccccc32)cc1. The second kappa shape index (κ2) is 8.77. The summed E-state index contributed by atoms with van der Waals surface area (Å²) in [6.45, 7) is 1.14. The third-order valence-corrected chi connectivity index (χ3v) is 5.99. The van der Waals surface area contributed by atoms with Crippen molar-refractivity contribution in [3.05, 3.63) is 113 Å². The summed E-state index contributed by atoms with van der Waals surface area (Å²) < 4.78 is 0. The zero-order valence-corrected chi connectivity index (χ0v) is 18.1. The molecule has 4 aromatic carbocycles. The van der Waals surface area contributed by atoms with Gasteiger partial charge in [-0.1, -0.05) is 60.1 Å². The number of anilines is 3. The van der Waals surface area contributed by atoms with Crippen molar-refractivity contribution < 1.29 is 4.79 Å². The smallest absolute Gasteiger partial charge is 0.251 e. The average Bonchev–Trinajstić information content (AvgIpc) is 3.06. The van der Waals surface area contributed by atoms with Crippen LogP contribution in [-0.4, -0.2) is 12.5 Å². The molecule has 1 aliphatic rings. The Morgan fingerprint density at radius 1 is 0.938 bits per heavy atom. The van der Waals surface area contributed by atoms with Crippen LogP contribution in [0.1, 0.15) is 15.9 Å². The van der Waals surface area contributed by atoms with Gasteiger partial charge in [0.05, 0.1) is 11.4 Å². The third kappa shape index (κ3) is 3.93. The first-order valence-corrected chi connectivity index (χ1v) is 10.9. The van der Waals surface area contributed by atoms with Gasteiger partial charge in [-0.3, -0.25) is 4.79 Å². The topological polar surface area (TPSA) is 44.4 Å². The third-order valence-electron chi connectivity index (χ3n) is 5.62. The first kappa shape index (κ1) is 20.2. The molecular formula is C27H22ClN3O.